The normalized spacial score (nSPS) is 14.5. The van der Waals surface area contributed by atoms with Crippen molar-refractivity contribution in [2.75, 3.05) is 37.4 Å². The number of aliphatic imine (C=N–C) groups is 1. The Morgan fingerprint density at radius 1 is 1.12 bits per heavy atom. The maximum absolute atomic E-state index is 4.90. The number of benzene rings is 1. The highest BCUT2D eigenvalue weighted by Gasteiger charge is 2.15. The molecule has 1 aromatic heterocycles. The zero-order valence-corrected chi connectivity index (χ0v) is 17.9. The Bertz CT molecular complexity index is 696. The molecule has 0 aliphatic carbocycles. The Hall–Kier alpha value is -1.83. The number of piperidine rings is 1. The molecule has 1 aliphatic heterocycles. The van der Waals surface area contributed by atoms with Crippen molar-refractivity contribution in [3.05, 3.63) is 54.2 Å². The zero-order chi connectivity index (χ0) is 17.5. The van der Waals surface area contributed by atoms with Crippen LogP contribution in [0.3, 0.4) is 0 Å². The monoisotopic (exact) mass is 465 g/mol. The van der Waals surface area contributed by atoms with Gasteiger partial charge in [0.1, 0.15) is 5.82 Å². The molecule has 1 N–H and O–H groups in total. The lowest BCUT2D eigenvalue weighted by atomic mass is 10.1. The Morgan fingerprint density at radius 2 is 1.85 bits per heavy atom. The van der Waals surface area contributed by atoms with Crippen LogP contribution in [-0.2, 0) is 6.54 Å². The number of guanidine groups is 1. The second kappa shape index (κ2) is 10.4. The molecule has 5 nitrogen and oxygen atoms in total. The van der Waals surface area contributed by atoms with E-state index in [2.05, 4.69) is 33.4 Å². The van der Waals surface area contributed by atoms with Crippen LogP contribution in [-0.4, -0.2) is 43.0 Å². The van der Waals surface area contributed by atoms with Gasteiger partial charge in [0.15, 0.2) is 5.96 Å². The summed E-state index contributed by atoms with van der Waals surface area (Å²) in [6, 6.07) is 14.4. The standard InChI is InChI=1S/C20H27N5.HI/c1-24(2)19-15-17(11-12-21-19)16-22-20(25-13-7-4-8-14-25)23-18-9-5-3-6-10-18;/h3,5-6,9-12,15H,4,7-8,13-14,16H2,1-2H3,(H,22,23);1H. The number of pyridine rings is 1. The van der Waals surface area contributed by atoms with E-state index in [1.54, 1.807) is 0 Å². The Kier molecular flexibility index (Phi) is 8.15. The summed E-state index contributed by atoms with van der Waals surface area (Å²) in [5, 5.41) is 3.51. The van der Waals surface area contributed by atoms with E-state index in [1.165, 1.54) is 24.8 Å². The molecule has 0 atom stereocenters. The topological polar surface area (TPSA) is 43.8 Å². The van der Waals surface area contributed by atoms with Crippen LogP contribution in [0.1, 0.15) is 24.8 Å². The highest BCUT2D eigenvalue weighted by atomic mass is 127. The number of hydrogen-bond acceptors (Lipinski definition) is 3. The number of para-hydroxylation sites is 1. The number of hydrogen-bond donors (Lipinski definition) is 1. The molecule has 2 aromatic rings. The number of nitrogens with one attached hydrogen (secondary N) is 1. The van der Waals surface area contributed by atoms with Gasteiger partial charge in [0, 0.05) is 39.1 Å². The van der Waals surface area contributed by atoms with Gasteiger partial charge in [-0.25, -0.2) is 9.98 Å². The van der Waals surface area contributed by atoms with Crippen LogP contribution in [0.15, 0.2) is 53.7 Å². The van der Waals surface area contributed by atoms with Crippen LogP contribution in [0.5, 0.6) is 0 Å². The second-order valence-electron chi connectivity index (χ2n) is 6.60. The molecule has 1 fully saturated rings. The van der Waals surface area contributed by atoms with Crippen molar-refractivity contribution in [3.8, 4) is 0 Å². The van der Waals surface area contributed by atoms with Gasteiger partial charge >= 0.3 is 0 Å². The SMILES string of the molecule is CN(C)c1cc(CN=C(Nc2ccccc2)N2CCCCC2)ccn1.I. The van der Waals surface area contributed by atoms with E-state index in [9.17, 15) is 0 Å². The summed E-state index contributed by atoms with van der Waals surface area (Å²) in [5.74, 6) is 1.93. The first-order valence-electron chi connectivity index (χ1n) is 8.96. The lowest BCUT2D eigenvalue weighted by molar-refractivity contribution is 0.340. The maximum atomic E-state index is 4.90. The number of rotatable bonds is 4. The summed E-state index contributed by atoms with van der Waals surface area (Å²) in [5.41, 5.74) is 2.25. The lowest BCUT2D eigenvalue weighted by Gasteiger charge is -2.30. The molecule has 6 heteroatoms. The predicted molar refractivity (Wildman–Crippen MR) is 121 cm³/mol. The molecule has 1 saturated heterocycles. The molecule has 1 aromatic carbocycles. The average Bonchev–Trinajstić information content (AvgIpc) is 2.67. The van der Waals surface area contributed by atoms with Gasteiger partial charge in [0.05, 0.1) is 6.54 Å². The molecule has 1 aliphatic rings. The van der Waals surface area contributed by atoms with E-state index >= 15 is 0 Å². The molecule has 140 valence electrons. The minimum absolute atomic E-state index is 0. The summed E-state index contributed by atoms with van der Waals surface area (Å²) >= 11 is 0. The van der Waals surface area contributed by atoms with E-state index in [0.29, 0.717) is 6.54 Å². The van der Waals surface area contributed by atoms with Gasteiger partial charge in [-0.3, -0.25) is 0 Å². The highest BCUT2D eigenvalue weighted by Crippen LogP contribution is 2.15. The van der Waals surface area contributed by atoms with Gasteiger partial charge in [0.2, 0.25) is 0 Å². The van der Waals surface area contributed by atoms with Crippen LogP contribution in [0.2, 0.25) is 0 Å². The smallest absolute Gasteiger partial charge is 0.198 e. The zero-order valence-electron chi connectivity index (χ0n) is 15.6. The van der Waals surface area contributed by atoms with E-state index in [1.807, 2.05) is 49.5 Å². The molecule has 0 amide bonds. The van der Waals surface area contributed by atoms with Crippen LogP contribution >= 0.6 is 24.0 Å². The Balaban J connectivity index is 0.00000243. The number of halogens is 1. The van der Waals surface area contributed by atoms with Gasteiger partial charge in [-0.05, 0) is 49.1 Å². The predicted octanol–water partition coefficient (Wildman–Crippen LogP) is 4.22. The summed E-state index contributed by atoms with van der Waals surface area (Å²) in [6.07, 6.45) is 5.63. The molecule has 0 spiro atoms. The van der Waals surface area contributed by atoms with Crippen molar-refractivity contribution >= 4 is 41.4 Å². The molecule has 0 radical (unpaired) electrons. The molecule has 2 heterocycles. The molecule has 26 heavy (non-hydrogen) atoms. The fourth-order valence-electron chi connectivity index (χ4n) is 2.94. The number of aromatic nitrogens is 1. The Labute approximate surface area is 173 Å². The molecule has 3 rings (SSSR count). The van der Waals surface area contributed by atoms with Gasteiger partial charge in [-0.15, -0.1) is 24.0 Å². The number of nitrogens with zero attached hydrogens (tertiary/aromatic N) is 4. The maximum Gasteiger partial charge on any atom is 0.198 e. The van der Waals surface area contributed by atoms with Crippen LogP contribution in [0.25, 0.3) is 0 Å². The van der Waals surface area contributed by atoms with Crippen molar-refractivity contribution in [2.24, 2.45) is 4.99 Å². The first-order chi connectivity index (χ1) is 12.2. The molecule has 0 saturated carbocycles. The third-order valence-electron chi connectivity index (χ3n) is 4.37. The fraction of sp³-hybridized carbons (Fsp3) is 0.400. The lowest BCUT2D eigenvalue weighted by Crippen LogP contribution is -2.40. The molecular formula is C20H28IN5. The second-order valence-corrected chi connectivity index (χ2v) is 6.60. The van der Waals surface area contributed by atoms with E-state index in [0.717, 1.165) is 30.6 Å². The number of anilines is 2. The summed E-state index contributed by atoms with van der Waals surface area (Å²) in [6.45, 7) is 2.78. The quantitative estimate of drug-likeness (QED) is 0.417. The summed E-state index contributed by atoms with van der Waals surface area (Å²) < 4.78 is 0. The summed E-state index contributed by atoms with van der Waals surface area (Å²) in [4.78, 5) is 13.7. The van der Waals surface area contributed by atoms with Gasteiger partial charge in [0.25, 0.3) is 0 Å². The summed E-state index contributed by atoms with van der Waals surface area (Å²) in [7, 11) is 4.01. The minimum Gasteiger partial charge on any atom is -0.363 e. The third-order valence-corrected chi connectivity index (χ3v) is 4.37. The van der Waals surface area contributed by atoms with Crippen LogP contribution < -0.4 is 10.2 Å². The van der Waals surface area contributed by atoms with Crippen molar-refractivity contribution in [1.82, 2.24) is 9.88 Å². The first kappa shape index (κ1) is 20.5. The third kappa shape index (κ3) is 5.86. The molecule has 0 bridgehead atoms. The molecular weight excluding hydrogens is 437 g/mol. The van der Waals surface area contributed by atoms with E-state index < -0.39 is 0 Å². The highest BCUT2D eigenvalue weighted by molar-refractivity contribution is 14.0. The fourth-order valence-corrected chi connectivity index (χ4v) is 2.94. The van der Waals surface area contributed by atoms with E-state index in [4.69, 9.17) is 4.99 Å². The van der Waals surface area contributed by atoms with Crippen molar-refractivity contribution in [3.63, 3.8) is 0 Å². The van der Waals surface area contributed by atoms with E-state index in [-0.39, 0.29) is 24.0 Å². The minimum atomic E-state index is 0. The van der Waals surface area contributed by atoms with Crippen molar-refractivity contribution in [1.29, 1.82) is 0 Å². The Morgan fingerprint density at radius 3 is 2.54 bits per heavy atom. The molecule has 0 unspecified atom stereocenters. The van der Waals surface area contributed by atoms with Gasteiger partial charge < -0.3 is 15.1 Å². The van der Waals surface area contributed by atoms with Crippen LogP contribution in [0, 0.1) is 0 Å². The van der Waals surface area contributed by atoms with Crippen LogP contribution in [0.4, 0.5) is 11.5 Å². The van der Waals surface area contributed by atoms with Crippen molar-refractivity contribution < 1.29 is 0 Å². The van der Waals surface area contributed by atoms with Gasteiger partial charge in [-0.2, -0.15) is 0 Å². The van der Waals surface area contributed by atoms with Crippen molar-refractivity contribution in [2.45, 2.75) is 25.8 Å². The first-order valence-corrected chi connectivity index (χ1v) is 8.96. The number of likely N-dealkylation sites (tertiary alicyclic amines) is 1. The van der Waals surface area contributed by atoms with Gasteiger partial charge in [-0.1, -0.05) is 18.2 Å². The largest absolute Gasteiger partial charge is 0.363 e. The average molecular weight is 465 g/mol.